The van der Waals surface area contributed by atoms with E-state index in [-0.39, 0.29) is 11.1 Å². The molecule has 35 heavy (non-hydrogen) atoms. The van der Waals surface area contributed by atoms with E-state index >= 15 is 4.39 Å². The van der Waals surface area contributed by atoms with Gasteiger partial charge in [0.05, 0.1) is 28.7 Å². The number of pyridine rings is 1. The van der Waals surface area contributed by atoms with Crippen LogP contribution < -0.4 is 10.2 Å². The molecule has 1 aromatic heterocycles. The second-order valence-corrected chi connectivity index (χ2v) is 8.40. The average molecular weight is 475 g/mol. The van der Waals surface area contributed by atoms with Crippen LogP contribution in [-0.2, 0) is 0 Å². The molecular formula is C27H20F3N3O2. The predicted octanol–water partition coefficient (Wildman–Crippen LogP) is 5.74. The Labute approximate surface area is 199 Å². The molecule has 1 amide bonds. The monoisotopic (exact) mass is 475 g/mol. The number of nitrogens with one attached hydrogen (secondary N) is 1. The quantitative estimate of drug-likeness (QED) is 0.374. The van der Waals surface area contributed by atoms with E-state index in [2.05, 4.69) is 15.2 Å². The van der Waals surface area contributed by atoms with Crippen molar-refractivity contribution in [1.29, 1.82) is 0 Å². The summed E-state index contributed by atoms with van der Waals surface area (Å²) in [5.74, 6) is -4.20. The number of hydrogen-bond acceptors (Lipinski definition) is 4. The van der Waals surface area contributed by atoms with Crippen LogP contribution in [-0.4, -0.2) is 29.8 Å². The third-order valence-corrected chi connectivity index (χ3v) is 6.02. The number of amides is 1. The molecule has 5 rings (SSSR count). The highest BCUT2D eigenvalue weighted by atomic mass is 19.1. The fourth-order valence-electron chi connectivity index (χ4n) is 4.23. The van der Waals surface area contributed by atoms with E-state index in [4.69, 9.17) is 0 Å². The molecule has 0 aliphatic carbocycles. The Morgan fingerprint density at radius 1 is 0.857 bits per heavy atom. The molecule has 1 aliphatic heterocycles. The van der Waals surface area contributed by atoms with E-state index in [0.29, 0.717) is 10.9 Å². The first kappa shape index (κ1) is 22.6. The zero-order valence-electron chi connectivity index (χ0n) is 18.5. The third kappa shape index (κ3) is 4.59. The number of carbonyl (C=O) groups excluding carboxylic acids is 2. The van der Waals surface area contributed by atoms with E-state index in [9.17, 15) is 18.4 Å². The Kier molecular flexibility index (Phi) is 5.94. The zero-order valence-corrected chi connectivity index (χ0v) is 18.5. The van der Waals surface area contributed by atoms with Gasteiger partial charge < -0.3 is 10.2 Å². The minimum Gasteiger partial charge on any atom is -0.370 e. The number of halogens is 3. The smallest absolute Gasteiger partial charge is 0.255 e. The number of aromatic nitrogens is 1. The molecule has 1 saturated heterocycles. The summed E-state index contributed by atoms with van der Waals surface area (Å²) in [6.07, 6.45) is 4.00. The van der Waals surface area contributed by atoms with E-state index in [1.54, 1.807) is 18.3 Å². The van der Waals surface area contributed by atoms with Crippen molar-refractivity contribution in [2.45, 2.75) is 12.8 Å². The van der Waals surface area contributed by atoms with E-state index in [1.165, 1.54) is 18.2 Å². The summed E-state index contributed by atoms with van der Waals surface area (Å²) in [5, 5.41) is 2.93. The fraction of sp³-hybridized carbons (Fsp3) is 0.148. The van der Waals surface area contributed by atoms with E-state index in [1.807, 2.05) is 6.07 Å². The van der Waals surface area contributed by atoms with E-state index in [0.717, 1.165) is 55.9 Å². The maximum absolute atomic E-state index is 15.2. The molecular weight excluding hydrogens is 455 g/mol. The first-order valence-electron chi connectivity index (χ1n) is 11.1. The number of ketones is 1. The second kappa shape index (κ2) is 9.21. The van der Waals surface area contributed by atoms with Gasteiger partial charge in [0.2, 0.25) is 0 Å². The Morgan fingerprint density at radius 2 is 1.66 bits per heavy atom. The van der Waals surface area contributed by atoms with Crippen LogP contribution in [0.15, 0.2) is 66.9 Å². The Bertz CT molecular complexity index is 1470. The lowest BCUT2D eigenvalue weighted by atomic mass is 10.00. The predicted molar refractivity (Wildman–Crippen MR) is 127 cm³/mol. The highest BCUT2D eigenvalue weighted by Gasteiger charge is 2.21. The van der Waals surface area contributed by atoms with Gasteiger partial charge in [-0.1, -0.05) is 6.07 Å². The molecule has 3 aromatic carbocycles. The van der Waals surface area contributed by atoms with Crippen molar-refractivity contribution in [3.63, 3.8) is 0 Å². The summed E-state index contributed by atoms with van der Waals surface area (Å²) >= 11 is 0. The molecule has 2 heterocycles. The molecule has 176 valence electrons. The molecule has 4 aromatic rings. The highest BCUT2D eigenvalue weighted by Crippen LogP contribution is 2.27. The Morgan fingerprint density at radius 3 is 2.43 bits per heavy atom. The van der Waals surface area contributed by atoms with E-state index < -0.39 is 40.4 Å². The zero-order chi connectivity index (χ0) is 24.5. The average Bonchev–Trinajstić information content (AvgIpc) is 3.40. The first-order valence-corrected chi connectivity index (χ1v) is 11.1. The van der Waals surface area contributed by atoms with Crippen LogP contribution in [0.4, 0.5) is 24.5 Å². The summed E-state index contributed by atoms with van der Waals surface area (Å²) in [5.41, 5.74) is 0.664. The van der Waals surface area contributed by atoms with Crippen molar-refractivity contribution in [1.82, 2.24) is 4.98 Å². The van der Waals surface area contributed by atoms with Gasteiger partial charge in [0.1, 0.15) is 11.6 Å². The van der Waals surface area contributed by atoms with Gasteiger partial charge in [-0.05, 0) is 61.4 Å². The molecule has 1 aliphatic rings. The SMILES string of the molecule is O=C(Nc1cc(F)cc(C(=O)c2ccc3ncc(N4CCCC4)cc3c2)c1F)c1cccc(F)c1. The van der Waals surface area contributed by atoms with Gasteiger partial charge in [-0.15, -0.1) is 0 Å². The number of fused-ring (bicyclic) bond motifs is 1. The summed E-state index contributed by atoms with van der Waals surface area (Å²) in [6, 6.07) is 13.0. The molecule has 0 spiro atoms. The minimum atomic E-state index is -1.08. The standard InChI is InChI=1S/C27H20F3N3O2/c28-19-5-3-4-17(11-19)27(35)32-24-14-20(29)13-22(25(24)30)26(34)16-6-7-23-18(10-16)12-21(15-31-23)33-8-1-2-9-33/h3-7,10-15H,1-2,8-9H2,(H,32,35). The number of hydrogen-bond donors (Lipinski definition) is 1. The van der Waals surface area contributed by atoms with Crippen molar-refractivity contribution in [3.05, 3.63) is 101 Å². The molecule has 1 fully saturated rings. The Balaban J connectivity index is 1.46. The lowest BCUT2D eigenvalue weighted by Gasteiger charge is -2.17. The van der Waals surface area contributed by atoms with Crippen molar-refractivity contribution < 1.29 is 22.8 Å². The van der Waals surface area contributed by atoms with Crippen molar-refractivity contribution in [2.24, 2.45) is 0 Å². The number of anilines is 2. The maximum atomic E-state index is 15.2. The summed E-state index contributed by atoms with van der Waals surface area (Å²) < 4.78 is 43.0. The van der Waals surface area contributed by atoms with Gasteiger partial charge in [0.15, 0.2) is 11.6 Å². The van der Waals surface area contributed by atoms with Crippen molar-refractivity contribution in [2.75, 3.05) is 23.3 Å². The third-order valence-electron chi connectivity index (χ3n) is 6.02. The number of benzene rings is 3. The van der Waals surface area contributed by atoms with Gasteiger partial charge in [0.25, 0.3) is 5.91 Å². The first-order chi connectivity index (χ1) is 16.9. The minimum absolute atomic E-state index is 0.0719. The van der Waals surface area contributed by atoms with Crippen molar-refractivity contribution in [3.8, 4) is 0 Å². The van der Waals surface area contributed by atoms with Crippen LogP contribution in [0.5, 0.6) is 0 Å². The lowest BCUT2D eigenvalue weighted by molar-refractivity contribution is 0.101. The number of nitrogens with zero attached hydrogens (tertiary/aromatic N) is 2. The van der Waals surface area contributed by atoms with Crippen LogP contribution >= 0.6 is 0 Å². The number of carbonyl (C=O) groups is 2. The van der Waals surface area contributed by atoms with Crippen LogP contribution in [0.2, 0.25) is 0 Å². The Hall–Kier alpha value is -4.20. The van der Waals surface area contributed by atoms with Gasteiger partial charge in [-0.2, -0.15) is 0 Å². The van der Waals surface area contributed by atoms with Gasteiger partial charge >= 0.3 is 0 Å². The number of rotatable bonds is 5. The molecule has 0 atom stereocenters. The summed E-state index contributed by atoms with van der Waals surface area (Å²) in [7, 11) is 0. The van der Waals surface area contributed by atoms with Crippen LogP contribution in [0.1, 0.15) is 39.1 Å². The normalized spacial score (nSPS) is 13.3. The topological polar surface area (TPSA) is 62.3 Å². The van der Waals surface area contributed by atoms with Crippen LogP contribution in [0, 0.1) is 17.5 Å². The van der Waals surface area contributed by atoms with Crippen LogP contribution in [0.3, 0.4) is 0 Å². The largest absolute Gasteiger partial charge is 0.370 e. The van der Waals surface area contributed by atoms with Gasteiger partial charge in [0, 0.05) is 35.7 Å². The molecule has 5 nitrogen and oxygen atoms in total. The molecule has 0 radical (unpaired) electrons. The molecule has 1 N–H and O–H groups in total. The van der Waals surface area contributed by atoms with Crippen LogP contribution in [0.25, 0.3) is 10.9 Å². The second-order valence-electron chi connectivity index (χ2n) is 8.40. The molecule has 0 saturated carbocycles. The molecule has 0 unspecified atom stereocenters. The van der Waals surface area contributed by atoms with Gasteiger partial charge in [-0.3, -0.25) is 14.6 Å². The highest BCUT2D eigenvalue weighted by molar-refractivity contribution is 6.12. The molecule has 8 heteroatoms. The summed E-state index contributed by atoms with van der Waals surface area (Å²) in [4.78, 5) is 32.2. The fourth-order valence-corrected chi connectivity index (χ4v) is 4.23. The maximum Gasteiger partial charge on any atom is 0.255 e. The van der Waals surface area contributed by atoms with Gasteiger partial charge in [-0.25, -0.2) is 13.2 Å². The van der Waals surface area contributed by atoms with Crippen molar-refractivity contribution >= 4 is 34.0 Å². The molecule has 0 bridgehead atoms. The summed E-state index contributed by atoms with van der Waals surface area (Å²) in [6.45, 7) is 1.87. The lowest BCUT2D eigenvalue weighted by Crippen LogP contribution is -2.17.